The van der Waals surface area contributed by atoms with Crippen LogP contribution in [0.15, 0.2) is 53.4 Å². The van der Waals surface area contributed by atoms with Gasteiger partial charge in [-0.25, -0.2) is 8.42 Å². The molecule has 5 heteroatoms. The van der Waals surface area contributed by atoms with Gasteiger partial charge in [0.05, 0.1) is 4.90 Å². The predicted octanol–water partition coefficient (Wildman–Crippen LogP) is 2.84. The summed E-state index contributed by atoms with van der Waals surface area (Å²) >= 11 is 0. The lowest BCUT2D eigenvalue weighted by Crippen LogP contribution is -2.32. The van der Waals surface area contributed by atoms with Gasteiger partial charge in [-0.1, -0.05) is 36.4 Å². The summed E-state index contributed by atoms with van der Waals surface area (Å²) in [6.45, 7) is 5.14. The van der Waals surface area contributed by atoms with E-state index in [9.17, 15) is 8.42 Å². The number of nitrogens with zero attached hydrogens (tertiary/aromatic N) is 1. The molecular formula is C18H24N2O2S. The van der Waals surface area contributed by atoms with Gasteiger partial charge in [-0.05, 0) is 55.6 Å². The van der Waals surface area contributed by atoms with E-state index >= 15 is 0 Å². The number of hydrogen-bond acceptors (Lipinski definition) is 3. The van der Waals surface area contributed by atoms with Crippen LogP contribution in [0, 0.1) is 13.8 Å². The van der Waals surface area contributed by atoms with Gasteiger partial charge in [0.15, 0.2) is 0 Å². The van der Waals surface area contributed by atoms with Gasteiger partial charge in [-0.3, -0.25) is 0 Å². The van der Waals surface area contributed by atoms with Crippen LogP contribution in [0.4, 0.5) is 0 Å². The Bertz CT molecular complexity index is 743. The lowest BCUT2D eigenvalue weighted by molar-refractivity contribution is 0.401. The summed E-state index contributed by atoms with van der Waals surface area (Å²) in [6, 6.07) is 14.9. The lowest BCUT2D eigenvalue weighted by Gasteiger charge is -2.22. The van der Waals surface area contributed by atoms with E-state index in [4.69, 9.17) is 5.73 Å². The molecule has 2 rings (SSSR count). The largest absolute Gasteiger partial charge is 0.330 e. The molecule has 0 bridgehead atoms. The van der Waals surface area contributed by atoms with E-state index in [1.54, 1.807) is 12.1 Å². The quantitative estimate of drug-likeness (QED) is 0.848. The number of benzene rings is 2. The normalized spacial score (nSPS) is 11.8. The zero-order valence-electron chi connectivity index (χ0n) is 13.7. The minimum absolute atomic E-state index is 0.341. The third-order valence-corrected chi connectivity index (χ3v) is 5.77. The highest BCUT2D eigenvalue weighted by molar-refractivity contribution is 7.89. The van der Waals surface area contributed by atoms with Crippen molar-refractivity contribution in [3.05, 3.63) is 65.2 Å². The van der Waals surface area contributed by atoms with E-state index in [0.29, 0.717) is 31.0 Å². The summed E-state index contributed by atoms with van der Waals surface area (Å²) in [4.78, 5) is 0.341. The van der Waals surface area contributed by atoms with Crippen molar-refractivity contribution in [2.45, 2.75) is 31.7 Å². The summed E-state index contributed by atoms with van der Waals surface area (Å²) in [5.41, 5.74) is 8.60. The first-order valence-corrected chi connectivity index (χ1v) is 9.20. The standard InChI is InChI=1S/C18H24N2O2S/c1-15-9-10-18(13-16(15)2)23(21,22)20(12-6-11-19)14-17-7-4-3-5-8-17/h3-5,7-10,13H,6,11-12,14,19H2,1-2H3. The Labute approximate surface area is 139 Å². The molecule has 0 aromatic heterocycles. The van der Waals surface area contributed by atoms with Gasteiger partial charge in [0.1, 0.15) is 0 Å². The molecule has 0 fully saturated rings. The summed E-state index contributed by atoms with van der Waals surface area (Å²) in [5, 5.41) is 0. The van der Waals surface area contributed by atoms with Crippen molar-refractivity contribution in [2.24, 2.45) is 5.73 Å². The van der Waals surface area contributed by atoms with Gasteiger partial charge in [0.25, 0.3) is 0 Å². The molecule has 0 aliphatic carbocycles. The highest BCUT2D eigenvalue weighted by Crippen LogP contribution is 2.21. The Hall–Kier alpha value is -1.69. The molecule has 0 radical (unpaired) electrons. The molecule has 0 aliphatic rings. The summed E-state index contributed by atoms with van der Waals surface area (Å²) < 4.78 is 27.5. The average Bonchev–Trinajstić information content (AvgIpc) is 2.54. The van der Waals surface area contributed by atoms with E-state index in [-0.39, 0.29) is 0 Å². The fraction of sp³-hybridized carbons (Fsp3) is 0.333. The fourth-order valence-electron chi connectivity index (χ4n) is 2.36. The van der Waals surface area contributed by atoms with Crippen LogP contribution in [-0.2, 0) is 16.6 Å². The van der Waals surface area contributed by atoms with E-state index in [1.807, 2.05) is 50.2 Å². The Kier molecular flexibility index (Phi) is 5.93. The van der Waals surface area contributed by atoms with Crippen LogP contribution >= 0.6 is 0 Å². The second-order valence-electron chi connectivity index (χ2n) is 5.71. The highest BCUT2D eigenvalue weighted by Gasteiger charge is 2.24. The van der Waals surface area contributed by atoms with Gasteiger partial charge >= 0.3 is 0 Å². The first-order chi connectivity index (χ1) is 10.9. The van der Waals surface area contributed by atoms with E-state index in [0.717, 1.165) is 16.7 Å². The molecule has 0 saturated heterocycles. The maximum Gasteiger partial charge on any atom is 0.243 e. The number of hydrogen-bond donors (Lipinski definition) is 1. The molecular weight excluding hydrogens is 308 g/mol. The molecule has 0 heterocycles. The summed E-state index contributed by atoms with van der Waals surface area (Å²) in [5.74, 6) is 0. The van der Waals surface area contributed by atoms with E-state index < -0.39 is 10.0 Å². The first kappa shape index (κ1) is 17.7. The third-order valence-electron chi connectivity index (χ3n) is 3.93. The lowest BCUT2D eigenvalue weighted by atomic mass is 10.1. The van der Waals surface area contributed by atoms with Crippen LogP contribution < -0.4 is 5.73 Å². The van der Waals surface area contributed by atoms with Crippen molar-refractivity contribution in [1.29, 1.82) is 0 Å². The van der Waals surface area contributed by atoms with Crippen LogP contribution in [0.2, 0.25) is 0 Å². The molecule has 0 aliphatic heterocycles. The number of nitrogens with two attached hydrogens (primary N) is 1. The van der Waals surface area contributed by atoms with Gasteiger partial charge in [0.2, 0.25) is 10.0 Å². The number of rotatable bonds is 7. The molecule has 23 heavy (non-hydrogen) atoms. The molecule has 0 saturated carbocycles. The smallest absolute Gasteiger partial charge is 0.243 e. The SMILES string of the molecule is Cc1ccc(S(=O)(=O)N(CCCN)Cc2ccccc2)cc1C. The van der Waals surface area contributed by atoms with Crippen LogP contribution in [-0.4, -0.2) is 25.8 Å². The topological polar surface area (TPSA) is 63.4 Å². The van der Waals surface area contributed by atoms with Crippen molar-refractivity contribution in [3.8, 4) is 0 Å². The Morgan fingerprint density at radius 1 is 1.00 bits per heavy atom. The molecule has 0 spiro atoms. The van der Waals surface area contributed by atoms with Crippen molar-refractivity contribution < 1.29 is 8.42 Å². The van der Waals surface area contributed by atoms with Crippen molar-refractivity contribution in [1.82, 2.24) is 4.31 Å². The zero-order valence-corrected chi connectivity index (χ0v) is 14.5. The van der Waals surface area contributed by atoms with E-state index in [1.165, 1.54) is 4.31 Å². The van der Waals surface area contributed by atoms with Crippen LogP contribution in [0.1, 0.15) is 23.1 Å². The molecule has 0 amide bonds. The maximum absolute atomic E-state index is 13.0. The van der Waals surface area contributed by atoms with Crippen LogP contribution in [0.3, 0.4) is 0 Å². The van der Waals surface area contributed by atoms with Crippen LogP contribution in [0.5, 0.6) is 0 Å². The van der Waals surface area contributed by atoms with Gasteiger partial charge < -0.3 is 5.73 Å². The Morgan fingerprint density at radius 2 is 1.70 bits per heavy atom. The van der Waals surface area contributed by atoms with Crippen LogP contribution in [0.25, 0.3) is 0 Å². The second kappa shape index (κ2) is 7.73. The van der Waals surface area contributed by atoms with Crippen molar-refractivity contribution in [2.75, 3.05) is 13.1 Å². The summed E-state index contributed by atoms with van der Waals surface area (Å²) in [6.07, 6.45) is 0.636. The maximum atomic E-state index is 13.0. The Balaban J connectivity index is 2.34. The second-order valence-corrected chi connectivity index (χ2v) is 7.65. The number of sulfonamides is 1. The van der Waals surface area contributed by atoms with Gasteiger partial charge in [-0.15, -0.1) is 0 Å². The third kappa shape index (κ3) is 4.41. The Morgan fingerprint density at radius 3 is 2.30 bits per heavy atom. The highest BCUT2D eigenvalue weighted by atomic mass is 32.2. The van der Waals surface area contributed by atoms with Crippen molar-refractivity contribution in [3.63, 3.8) is 0 Å². The van der Waals surface area contributed by atoms with Gasteiger partial charge in [0, 0.05) is 13.1 Å². The molecule has 0 atom stereocenters. The molecule has 2 aromatic carbocycles. The monoisotopic (exact) mass is 332 g/mol. The molecule has 4 nitrogen and oxygen atoms in total. The molecule has 0 unspecified atom stereocenters. The first-order valence-electron chi connectivity index (χ1n) is 7.76. The van der Waals surface area contributed by atoms with Gasteiger partial charge in [-0.2, -0.15) is 4.31 Å². The average molecular weight is 332 g/mol. The minimum Gasteiger partial charge on any atom is -0.330 e. The zero-order chi connectivity index (χ0) is 16.9. The fourth-order valence-corrected chi connectivity index (χ4v) is 3.91. The minimum atomic E-state index is -3.53. The number of aryl methyl sites for hydroxylation is 2. The predicted molar refractivity (Wildman–Crippen MR) is 93.6 cm³/mol. The molecule has 2 aromatic rings. The molecule has 124 valence electrons. The summed E-state index contributed by atoms with van der Waals surface area (Å²) in [7, 11) is -3.53. The molecule has 2 N–H and O–H groups in total. The van der Waals surface area contributed by atoms with Crippen molar-refractivity contribution >= 4 is 10.0 Å². The van der Waals surface area contributed by atoms with E-state index in [2.05, 4.69) is 0 Å².